The molecule has 3 aromatic rings. The van der Waals surface area contributed by atoms with E-state index in [1.54, 1.807) is 23.0 Å². The van der Waals surface area contributed by atoms with E-state index in [2.05, 4.69) is 52.5 Å². The van der Waals surface area contributed by atoms with Crippen LogP contribution in [0.25, 0.3) is 16.9 Å². The molecule has 2 aliphatic rings. The van der Waals surface area contributed by atoms with E-state index in [0.717, 1.165) is 18.7 Å². The van der Waals surface area contributed by atoms with E-state index in [1.807, 2.05) is 18.2 Å². The first-order valence-corrected chi connectivity index (χ1v) is 11.4. The fourth-order valence-corrected chi connectivity index (χ4v) is 5.66. The van der Waals surface area contributed by atoms with Crippen molar-refractivity contribution >= 4 is 5.82 Å². The Morgan fingerprint density at radius 3 is 2.52 bits per heavy atom. The lowest BCUT2D eigenvalue weighted by Crippen LogP contribution is -2.66. The Balaban J connectivity index is 1.35. The van der Waals surface area contributed by atoms with Gasteiger partial charge in [-0.1, -0.05) is 0 Å². The van der Waals surface area contributed by atoms with Crippen LogP contribution in [0.5, 0.6) is 5.75 Å². The number of hydrogen-bond donors (Lipinski definition) is 2. The highest BCUT2D eigenvalue weighted by atomic mass is 16.3. The van der Waals surface area contributed by atoms with Gasteiger partial charge in [-0.3, -0.25) is 0 Å². The quantitative estimate of drug-likeness (QED) is 0.632. The van der Waals surface area contributed by atoms with Gasteiger partial charge in [-0.25, -0.2) is 4.68 Å². The number of nitrogens with zero attached hydrogens (tertiary/aromatic N) is 6. The molecular formula is C25H29N7O. The summed E-state index contributed by atoms with van der Waals surface area (Å²) in [5.74, 6) is 0.927. The van der Waals surface area contributed by atoms with Gasteiger partial charge in [0.15, 0.2) is 5.82 Å². The van der Waals surface area contributed by atoms with Crippen molar-refractivity contribution in [3.63, 3.8) is 0 Å². The molecule has 2 aliphatic heterocycles. The van der Waals surface area contributed by atoms with Crippen molar-refractivity contribution in [3.8, 4) is 28.8 Å². The summed E-state index contributed by atoms with van der Waals surface area (Å²) in [4.78, 5) is 2.26. The number of phenols is 1. The number of hydrogen-bond acceptors (Lipinski definition) is 7. The second-order valence-electron chi connectivity index (χ2n) is 10.0. The molecule has 0 aliphatic carbocycles. The third kappa shape index (κ3) is 4.05. The number of piperidine rings is 2. The first-order chi connectivity index (χ1) is 15.8. The van der Waals surface area contributed by atoms with Gasteiger partial charge in [-0.15, -0.1) is 10.2 Å². The zero-order chi connectivity index (χ0) is 23.2. The van der Waals surface area contributed by atoms with Crippen LogP contribution in [0, 0.1) is 11.3 Å². The standard InChI is InChI=1S/C25H29N7O/c1-24-9-4-10-25(2,30-24)13-19(12-24)31(3)23-8-7-21(28-29-23)20-6-5-18(11-22(20)33)32-16-17(14-26)15-27-32/h5-8,11,15-16,19,30,33H,4,9-10,12-13H2,1-3H3/t19-,24-,25+. The third-order valence-electron chi connectivity index (χ3n) is 7.23. The summed E-state index contributed by atoms with van der Waals surface area (Å²) in [6.07, 6.45) is 8.99. The molecule has 8 nitrogen and oxygen atoms in total. The molecule has 4 heterocycles. The number of fused-ring (bicyclic) bond motifs is 2. The van der Waals surface area contributed by atoms with Crippen molar-refractivity contribution in [3.05, 3.63) is 48.3 Å². The molecule has 8 heteroatoms. The number of aromatic hydroxyl groups is 1. The predicted octanol–water partition coefficient (Wildman–Crippen LogP) is 3.80. The Morgan fingerprint density at radius 2 is 1.91 bits per heavy atom. The fraction of sp³-hybridized carbons (Fsp3) is 0.440. The first kappa shape index (κ1) is 21.4. The maximum atomic E-state index is 10.6. The van der Waals surface area contributed by atoms with Gasteiger partial charge in [0.2, 0.25) is 0 Å². The van der Waals surface area contributed by atoms with Gasteiger partial charge in [-0.05, 0) is 70.2 Å². The first-order valence-electron chi connectivity index (χ1n) is 11.4. The number of aromatic nitrogens is 4. The second kappa shape index (κ2) is 7.85. The molecule has 0 unspecified atom stereocenters. The van der Waals surface area contributed by atoms with Crippen molar-refractivity contribution in [1.29, 1.82) is 5.26 Å². The summed E-state index contributed by atoms with van der Waals surface area (Å²) in [5.41, 5.74) is 2.69. The monoisotopic (exact) mass is 443 g/mol. The number of anilines is 1. The van der Waals surface area contributed by atoms with Crippen LogP contribution in [0.2, 0.25) is 0 Å². The molecule has 2 N–H and O–H groups in total. The topological polar surface area (TPSA) is 103 Å². The van der Waals surface area contributed by atoms with Gasteiger partial charge >= 0.3 is 0 Å². The summed E-state index contributed by atoms with van der Waals surface area (Å²) in [6, 6.07) is 11.6. The minimum absolute atomic E-state index is 0.0870. The van der Waals surface area contributed by atoms with Crippen LogP contribution < -0.4 is 10.2 Å². The average molecular weight is 444 g/mol. The molecule has 170 valence electrons. The predicted molar refractivity (Wildman–Crippen MR) is 126 cm³/mol. The number of nitrogens with one attached hydrogen (secondary N) is 1. The highest BCUT2D eigenvalue weighted by Crippen LogP contribution is 2.42. The zero-order valence-corrected chi connectivity index (χ0v) is 19.3. The number of phenolic OH excluding ortho intramolecular Hbond substituents is 1. The largest absolute Gasteiger partial charge is 0.507 e. The Bertz CT molecular complexity index is 1200. The molecule has 0 amide bonds. The van der Waals surface area contributed by atoms with Crippen molar-refractivity contribution < 1.29 is 5.11 Å². The molecular weight excluding hydrogens is 414 g/mol. The van der Waals surface area contributed by atoms with E-state index >= 15 is 0 Å². The maximum Gasteiger partial charge on any atom is 0.151 e. The van der Waals surface area contributed by atoms with E-state index in [4.69, 9.17) is 5.26 Å². The molecule has 1 aromatic carbocycles. The minimum Gasteiger partial charge on any atom is -0.507 e. The smallest absolute Gasteiger partial charge is 0.151 e. The Labute approximate surface area is 193 Å². The van der Waals surface area contributed by atoms with E-state index in [0.29, 0.717) is 28.6 Å². The highest BCUT2D eigenvalue weighted by Gasteiger charge is 2.46. The maximum absolute atomic E-state index is 10.6. The van der Waals surface area contributed by atoms with E-state index < -0.39 is 0 Å². The van der Waals surface area contributed by atoms with Gasteiger partial charge in [0.05, 0.1) is 23.1 Å². The summed E-state index contributed by atoms with van der Waals surface area (Å²) >= 11 is 0. The van der Waals surface area contributed by atoms with E-state index in [9.17, 15) is 5.11 Å². The minimum atomic E-state index is 0.0870. The Morgan fingerprint density at radius 1 is 1.15 bits per heavy atom. The van der Waals surface area contributed by atoms with Gasteiger partial charge in [0, 0.05) is 42.0 Å². The third-order valence-corrected chi connectivity index (χ3v) is 7.23. The Hall–Kier alpha value is -3.44. The molecule has 33 heavy (non-hydrogen) atoms. The lowest BCUT2D eigenvalue weighted by Gasteiger charge is -2.55. The molecule has 2 fully saturated rings. The lowest BCUT2D eigenvalue weighted by atomic mass is 9.69. The summed E-state index contributed by atoms with van der Waals surface area (Å²) in [5, 5.41) is 36.5. The summed E-state index contributed by atoms with van der Waals surface area (Å²) in [7, 11) is 2.11. The van der Waals surface area contributed by atoms with Crippen molar-refractivity contribution in [2.75, 3.05) is 11.9 Å². The molecule has 2 saturated heterocycles. The van der Waals surface area contributed by atoms with Crippen molar-refractivity contribution in [2.45, 2.75) is 63.1 Å². The molecule has 5 rings (SSSR count). The molecule has 0 radical (unpaired) electrons. The normalized spacial score (nSPS) is 26.5. The van der Waals surface area contributed by atoms with Crippen molar-refractivity contribution in [2.24, 2.45) is 0 Å². The van der Waals surface area contributed by atoms with Crippen LogP contribution in [0.4, 0.5) is 5.82 Å². The molecule has 2 aromatic heterocycles. The molecule has 0 saturated carbocycles. The molecule has 0 spiro atoms. The number of nitriles is 1. The van der Waals surface area contributed by atoms with E-state index in [1.165, 1.54) is 25.5 Å². The van der Waals surface area contributed by atoms with Gasteiger partial charge in [0.25, 0.3) is 0 Å². The van der Waals surface area contributed by atoms with Gasteiger partial charge in [0.1, 0.15) is 11.8 Å². The van der Waals surface area contributed by atoms with Crippen molar-refractivity contribution in [1.82, 2.24) is 25.3 Å². The highest BCUT2D eigenvalue weighted by molar-refractivity contribution is 5.69. The van der Waals surface area contributed by atoms with Crippen LogP contribution in [0.3, 0.4) is 0 Å². The lowest BCUT2D eigenvalue weighted by molar-refractivity contribution is 0.0784. The van der Waals surface area contributed by atoms with Crippen LogP contribution in [0.15, 0.2) is 42.7 Å². The number of benzene rings is 1. The molecule has 2 bridgehead atoms. The van der Waals surface area contributed by atoms with Gasteiger partial charge < -0.3 is 15.3 Å². The van der Waals surface area contributed by atoms with Gasteiger partial charge in [-0.2, -0.15) is 10.4 Å². The van der Waals surface area contributed by atoms with Crippen LogP contribution in [-0.2, 0) is 0 Å². The Kier molecular flexibility index (Phi) is 5.09. The molecule has 3 atom stereocenters. The number of rotatable bonds is 4. The van der Waals surface area contributed by atoms with E-state index in [-0.39, 0.29) is 16.8 Å². The van der Waals surface area contributed by atoms with Crippen LogP contribution in [0.1, 0.15) is 51.5 Å². The summed E-state index contributed by atoms with van der Waals surface area (Å²) < 4.78 is 1.56. The SMILES string of the molecule is CN(c1ccc(-c2ccc(-n3cc(C#N)cn3)cc2O)nn1)[C@H]1C[C@]2(C)CCC[C@](C)(C1)N2. The average Bonchev–Trinajstić information content (AvgIpc) is 3.27. The fourth-order valence-electron chi connectivity index (χ4n) is 5.66. The second-order valence-corrected chi connectivity index (χ2v) is 10.0. The zero-order valence-electron chi connectivity index (χ0n) is 19.3. The van der Waals surface area contributed by atoms with Crippen LogP contribution >= 0.6 is 0 Å². The van der Waals surface area contributed by atoms with Crippen LogP contribution in [-0.4, -0.2) is 49.3 Å². The summed E-state index contributed by atoms with van der Waals surface area (Å²) in [6.45, 7) is 4.69.